The van der Waals surface area contributed by atoms with Crippen molar-refractivity contribution < 1.29 is 17.9 Å². The van der Waals surface area contributed by atoms with E-state index < -0.39 is 10.0 Å². The maximum Gasteiger partial charge on any atom is 0.276 e. The molecule has 0 unspecified atom stereocenters. The first-order valence-corrected chi connectivity index (χ1v) is 8.89. The molecule has 9 nitrogen and oxygen atoms in total. The van der Waals surface area contributed by atoms with E-state index in [0.717, 1.165) is 0 Å². The predicted octanol–water partition coefficient (Wildman–Crippen LogP) is -1.04. The summed E-state index contributed by atoms with van der Waals surface area (Å²) in [5.41, 5.74) is 0.290. The van der Waals surface area contributed by atoms with Crippen molar-refractivity contribution in [1.82, 2.24) is 24.2 Å². The van der Waals surface area contributed by atoms with Crippen molar-refractivity contribution >= 4 is 15.9 Å². The number of carbonyl (C=O) groups is 1. The molecule has 2 saturated heterocycles. The van der Waals surface area contributed by atoms with Crippen molar-refractivity contribution in [2.45, 2.75) is 13.0 Å². The Bertz CT molecular complexity index is 646. The topological polar surface area (TPSA) is 97.6 Å². The maximum atomic E-state index is 12.3. The van der Waals surface area contributed by atoms with Gasteiger partial charge >= 0.3 is 0 Å². The molecule has 3 rings (SSSR count). The largest absolute Gasteiger partial charge is 0.378 e. The highest BCUT2D eigenvalue weighted by Gasteiger charge is 2.36. The fourth-order valence-corrected chi connectivity index (χ4v) is 3.64. The van der Waals surface area contributed by atoms with Crippen LogP contribution in [0.5, 0.6) is 0 Å². The highest BCUT2D eigenvalue weighted by molar-refractivity contribution is 7.89. The number of ether oxygens (including phenoxy) is 1. The highest BCUT2D eigenvalue weighted by Crippen LogP contribution is 2.23. The Balaban J connectivity index is 1.62. The molecule has 0 N–H and O–H groups in total. The molecule has 122 valence electrons. The van der Waals surface area contributed by atoms with E-state index in [9.17, 15) is 13.2 Å². The molecule has 0 saturated carbocycles. The van der Waals surface area contributed by atoms with Crippen molar-refractivity contribution in [2.24, 2.45) is 0 Å². The third-order valence-electron chi connectivity index (χ3n) is 3.99. The Labute approximate surface area is 128 Å². The summed E-state index contributed by atoms with van der Waals surface area (Å²) in [5.74, 6) is -0.0652. The van der Waals surface area contributed by atoms with E-state index in [2.05, 4.69) is 10.3 Å². The minimum atomic E-state index is -3.15. The van der Waals surface area contributed by atoms with Crippen LogP contribution in [0.2, 0.25) is 0 Å². The minimum Gasteiger partial charge on any atom is -0.378 e. The lowest BCUT2D eigenvalue weighted by atomic mass is 10.2. The van der Waals surface area contributed by atoms with Gasteiger partial charge < -0.3 is 9.64 Å². The molecule has 1 amide bonds. The average Bonchev–Trinajstić information content (AvgIpc) is 2.95. The molecule has 0 aliphatic carbocycles. The molecular formula is C12H19N5O4S. The van der Waals surface area contributed by atoms with E-state index in [-0.39, 0.29) is 17.7 Å². The summed E-state index contributed by atoms with van der Waals surface area (Å²) in [6, 6.07) is -0.0555. The molecule has 22 heavy (non-hydrogen) atoms. The van der Waals surface area contributed by atoms with Crippen LogP contribution in [0.4, 0.5) is 0 Å². The number of hydrogen-bond acceptors (Lipinski definition) is 6. The van der Waals surface area contributed by atoms with Gasteiger partial charge in [0.05, 0.1) is 31.2 Å². The molecule has 0 spiro atoms. The summed E-state index contributed by atoms with van der Waals surface area (Å²) in [4.78, 5) is 13.9. The second-order valence-electron chi connectivity index (χ2n) is 5.36. The van der Waals surface area contributed by atoms with E-state index in [1.165, 1.54) is 4.31 Å². The third kappa shape index (κ3) is 2.85. The number of nitrogens with zero attached hydrogens (tertiary/aromatic N) is 5. The fourth-order valence-electron chi connectivity index (χ4n) is 2.48. The lowest BCUT2D eigenvalue weighted by Crippen LogP contribution is -2.51. The summed E-state index contributed by atoms with van der Waals surface area (Å²) in [6.45, 7) is 4.56. The average molecular weight is 329 g/mol. The van der Waals surface area contributed by atoms with Gasteiger partial charge in [-0.1, -0.05) is 5.21 Å². The molecule has 10 heteroatoms. The van der Waals surface area contributed by atoms with Crippen LogP contribution in [0.15, 0.2) is 6.20 Å². The molecule has 2 aliphatic heterocycles. The second-order valence-corrected chi connectivity index (χ2v) is 7.62. The smallest absolute Gasteiger partial charge is 0.276 e. The molecule has 0 radical (unpaired) electrons. The molecule has 0 bridgehead atoms. The van der Waals surface area contributed by atoms with Gasteiger partial charge in [-0.2, -0.15) is 4.31 Å². The second kappa shape index (κ2) is 5.94. The number of carbonyl (C=O) groups excluding carboxylic acids is 1. The lowest BCUT2D eigenvalue weighted by molar-refractivity contribution is 0.0299. The summed E-state index contributed by atoms with van der Waals surface area (Å²) in [6.07, 6.45) is 1.60. The van der Waals surface area contributed by atoms with Crippen LogP contribution in [0.1, 0.15) is 23.5 Å². The molecule has 0 aromatic carbocycles. The van der Waals surface area contributed by atoms with Gasteiger partial charge in [-0.15, -0.1) is 5.10 Å². The normalized spacial score (nSPS) is 20.9. The summed E-state index contributed by atoms with van der Waals surface area (Å²) in [5, 5.41) is 7.88. The van der Waals surface area contributed by atoms with Crippen molar-refractivity contribution in [2.75, 3.05) is 45.1 Å². The molecular weight excluding hydrogens is 310 g/mol. The van der Waals surface area contributed by atoms with E-state index in [1.807, 2.05) is 0 Å². The number of sulfonamides is 1. The predicted molar refractivity (Wildman–Crippen MR) is 76.8 cm³/mol. The van der Waals surface area contributed by atoms with Gasteiger partial charge in [-0.25, -0.2) is 13.1 Å². The van der Waals surface area contributed by atoms with Gasteiger partial charge in [0, 0.05) is 26.2 Å². The number of amides is 1. The molecule has 3 heterocycles. The van der Waals surface area contributed by atoms with Gasteiger partial charge in [0.1, 0.15) is 0 Å². The van der Waals surface area contributed by atoms with Crippen molar-refractivity contribution in [3.05, 3.63) is 11.9 Å². The van der Waals surface area contributed by atoms with Gasteiger partial charge in [0.2, 0.25) is 10.0 Å². The van der Waals surface area contributed by atoms with Gasteiger partial charge in [0.15, 0.2) is 5.69 Å². The third-order valence-corrected chi connectivity index (χ3v) is 5.80. The number of morpholine rings is 1. The zero-order valence-corrected chi connectivity index (χ0v) is 13.2. The van der Waals surface area contributed by atoms with Crippen LogP contribution in [0.3, 0.4) is 0 Å². The SMILES string of the molecule is CCS(=O)(=O)N1CC(n2cc(C(=O)N3CCOCC3)nn2)C1. The number of aromatic nitrogens is 3. The Morgan fingerprint density at radius 2 is 2.05 bits per heavy atom. The molecule has 0 atom stereocenters. The number of hydrogen-bond donors (Lipinski definition) is 0. The van der Waals surface area contributed by atoms with Crippen LogP contribution in [0, 0.1) is 0 Å². The number of rotatable bonds is 4. The van der Waals surface area contributed by atoms with Crippen LogP contribution < -0.4 is 0 Å². The zero-order chi connectivity index (χ0) is 15.7. The quantitative estimate of drug-likeness (QED) is 0.700. The van der Waals surface area contributed by atoms with Crippen LogP contribution in [0.25, 0.3) is 0 Å². The Morgan fingerprint density at radius 1 is 1.36 bits per heavy atom. The first kappa shape index (κ1) is 15.4. The van der Waals surface area contributed by atoms with E-state index in [1.54, 1.807) is 22.7 Å². The van der Waals surface area contributed by atoms with Gasteiger partial charge in [0.25, 0.3) is 5.91 Å². The summed E-state index contributed by atoms with van der Waals surface area (Å²) in [7, 11) is -3.15. The van der Waals surface area contributed by atoms with Gasteiger partial charge in [-0.05, 0) is 6.92 Å². The van der Waals surface area contributed by atoms with E-state index >= 15 is 0 Å². The molecule has 1 aromatic rings. The van der Waals surface area contributed by atoms with E-state index in [4.69, 9.17) is 4.74 Å². The molecule has 1 aromatic heterocycles. The summed E-state index contributed by atoms with van der Waals surface area (Å²) >= 11 is 0. The molecule has 2 fully saturated rings. The lowest BCUT2D eigenvalue weighted by Gasteiger charge is -2.37. The molecule has 2 aliphatic rings. The van der Waals surface area contributed by atoms with Crippen molar-refractivity contribution in [1.29, 1.82) is 0 Å². The van der Waals surface area contributed by atoms with Gasteiger partial charge in [-0.3, -0.25) is 4.79 Å². The van der Waals surface area contributed by atoms with Crippen LogP contribution in [-0.4, -0.2) is 83.7 Å². The van der Waals surface area contributed by atoms with Crippen LogP contribution in [-0.2, 0) is 14.8 Å². The first-order chi connectivity index (χ1) is 10.5. The Hall–Kier alpha value is -1.52. The van der Waals surface area contributed by atoms with Crippen LogP contribution >= 0.6 is 0 Å². The van der Waals surface area contributed by atoms with Crippen molar-refractivity contribution in [3.63, 3.8) is 0 Å². The summed E-state index contributed by atoms with van der Waals surface area (Å²) < 4.78 is 31.6. The Morgan fingerprint density at radius 3 is 2.68 bits per heavy atom. The maximum absolute atomic E-state index is 12.3. The van der Waals surface area contributed by atoms with E-state index in [0.29, 0.717) is 45.1 Å². The fraction of sp³-hybridized carbons (Fsp3) is 0.750. The first-order valence-electron chi connectivity index (χ1n) is 7.28. The minimum absolute atomic E-state index is 0.0555. The monoisotopic (exact) mass is 329 g/mol. The highest BCUT2D eigenvalue weighted by atomic mass is 32.2. The standard InChI is InChI=1S/C12H19N5O4S/c1-2-22(19,20)16-7-10(8-16)17-9-11(13-14-17)12(18)15-3-5-21-6-4-15/h9-10H,2-8H2,1H3. The van der Waals surface area contributed by atoms with Crippen molar-refractivity contribution in [3.8, 4) is 0 Å². The zero-order valence-electron chi connectivity index (χ0n) is 12.4. The Kier molecular flexibility index (Phi) is 4.15.